The first-order valence-corrected chi connectivity index (χ1v) is 10.5. The Morgan fingerprint density at radius 3 is 2.66 bits per heavy atom. The standard InChI is InChI=1S/C22H21ClF3N3O3/c1-2-18-20(29-11-15(23)5-8-19(29)27-18)21(30)28-10-9-17(12-28)31-13-14-3-6-16(7-4-14)32-22(24,25)26/h3-8,11,17H,2,9-10,12-13H2,1H3/t17-/m0/s1. The van der Waals surface area contributed by atoms with E-state index in [-0.39, 0.29) is 24.4 Å². The molecule has 0 radical (unpaired) electrons. The Bertz CT molecular complexity index is 1120. The topological polar surface area (TPSA) is 56.1 Å². The van der Waals surface area contributed by atoms with Crippen LogP contribution in [0.15, 0.2) is 42.6 Å². The molecule has 3 aromatic rings. The third-order valence-corrected chi connectivity index (χ3v) is 5.49. The summed E-state index contributed by atoms with van der Waals surface area (Å²) >= 11 is 6.11. The molecule has 6 nitrogen and oxygen atoms in total. The van der Waals surface area contributed by atoms with Gasteiger partial charge in [-0.3, -0.25) is 9.20 Å². The molecule has 1 aliphatic rings. The first-order chi connectivity index (χ1) is 15.2. The molecule has 1 aliphatic heterocycles. The predicted octanol–water partition coefficient (Wildman–Crippen LogP) is 4.88. The number of pyridine rings is 1. The zero-order chi connectivity index (χ0) is 22.9. The second kappa shape index (κ2) is 8.99. The van der Waals surface area contributed by atoms with Gasteiger partial charge in [0.15, 0.2) is 0 Å². The van der Waals surface area contributed by atoms with Crippen LogP contribution in [0.3, 0.4) is 0 Å². The lowest BCUT2D eigenvalue weighted by atomic mass is 10.2. The van der Waals surface area contributed by atoms with E-state index in [0.717, 1.165) is 0 Å². The maximum absolute atomic E-state index is 13.2. The molecule has 1 fully saturated rings. The molecule has 1 saturated heterocycles. The van der Waals surface area contributed by atoms with E-state index < -0.39 is 6.36 Å². The Labute approximate surface area is 187 Å². The molecule has 0 spiro atoms. The summed E-state index contributed by atoms with van der Waals surface area (Å²) in [6.45, 7) is 3.13. The number of alkyl halides is 3. The molecule has 0 saturated carbocycles. The van der Waals surface area contributed by atoms with Gasteiger partial charge in [0.2, 0.25) is 0 Å². The number of aryl methyl sites for hydroxylation is 1. The Morgan fingerprint density at radius 1 is 1.22 bits per heavy atom. The van der Waals surface area contributed by atoms with E-state index in [4.69, 9.17) is 16.3 Å². The Kier molecular flexibility index (Phi) is 6.30. The van der Waals surface area contributed by atoms with Crippen molar-refractivity contribution in [3.63, 3.8) is 0 Å². The van der Waals surface area contributed by atoms with Crippen molar-refractivity contribution in [3.05, 3.63) is 64.6 Å². The van der Waals surface area contributed by atoms with Gasteiger partial charge in [-0.15, -0.1) is 13.2 Å². The number of halogens is 4. The highest BCUT2D eigenvalue weighted by Crippen LogP contribution is 2.25. The SMILES string of the molecule is CCc1nc2ccc(Cl)cn2c1C(=O)N1CC[C@H](OCc2ccc(OC(F)(F)F)cc2)C1. The molecular weight excluding hydrogens is 447 g/mol. The number of nitrogens with zero attached hydrogens (tertiary/aromatic N) is 3. The smallest absolute Gasteiger partial charge is 0.406 e. The molecule has 32 heavy (non-hydrogen) atoms. The molecule has 1 atom stereocenters. The number of fused-ring (bicyclic) bond motifs is 1. The maximum Gasteiger partial charge on any atom is 0.573 e. The van der Waals surface area contributed by atoms with Gasteiger partial charge in [0.25, 0.3) is 5.91 Å². The second-order valence-electron chi connectivity index (χ2n) is 7.50. The van der Waals surface area contributed by atoms with E-state index >= 15 is 0 Å². The van der Waals surface area contributed by atoms with Crippen LogP contribution in [0.5, 0.6) is 5.75 Å². The van der Waals surface area contributed by atoms with Gasteiger partial charge in [0, 0.05) is 19.3 Å². The minimum atomic E-state index is -4.72. The van der Waals surface area contributed by atoms with Crippen molar-refractivity contribution >= 4 is 23.2 Å². The molecule has 4 rings (SSSR count). The van der Waals surface area contributed by atoms with Gasteiger partial charge in [0.1, 0.15) is 17.1 Å². The van der Waals surface area contributed by atoms with E-state index in [1.165, 1.54) is 24.3 Å². The summed E-state index contributed by atoms with van der Waals surface area (Å²) in [5.41, 5.74) is 2.60. The van der Waals surface area contributed by atoms with E-state index in [1.807, 2.05) is 6.92 Å². The van der Waals surface area contributed by atoms with Crippen LogP contribution in [0.4, 0.5) is 13.2 Å². The summed E-state index contributed by atoms with van der Waals surface area (Å²) in [6.07, 6.45) is -1.92. The van der Waals surface area contributed by atoms with Crippen molar-refractivity contribution in [2.75, 3.05) is 13.1 Å². The largest absolute Gasteiger partial charge is 0.573 e. The van der Waals surface area contributed by atoms with Gasteiger partial charge in [0.05, 0.1) is 23.4 Å². The summed E-state index contributed by atoms with van der Waals surface area (Å²) < 4.78 is 48.3. The van der Waals surface area contributed by atoms with Crippen LogP contribution in [0.2, 0.25) is 5.02 Å². The predicted molar refractivity (Wildman–Crippen MR) is 112 cm³/mol. The van der Waals surface area contributed by atoms with Crippen molar-refractivity contribution in [3.8, 4) is 5.75 Å². The Hall–Kier alpha value is -2.78. The normalized spacial score (nSPS) is 16.7. The zero-order valence-electron chi connectivity index (χ0n) is 17.2. The van der Waals surface area contributed by atoms with Crippen LogP contribution < -0.4 is 4.74 Å². The van der Waals surface area contributed by atoms with Crippen LogP contribution in [0.1, 0.15) is 35.1 Å². The fraction of sp³-hybridized carbons (Fsp3) is 0.364. The van der Waals surface area contributed by atoms with Crippen molar-refractivity contribution < 1.29 is 27.4 Å². The fourth-order valence-electron chi connectivity index (χ4n) is 3.74. The van der Waals surface area contributed by atoms with Gasteiger partial charge in [-0.1, -0.05) is 30.7 Å². The number of carbonyl (C=O) groups is 1. The molecule has 2 aromatic heterocycles. The number of carbonyl (C=O) groups excluding carboxylic acids is 1. The number of imidazole rings is 1. The summed E-state index contributed by atoms with van der Waals surface area (Å²) in [6, 6.07) is 9.05. The molecular formula is C22H21ClF3N3O3. The first kappa shape index (κ1) is 22.4. The van der Waals surface area contributed by atoms with Crippen LogP contribution >= 0.6 is 11.6 Å². The minimum absolute atomic E-state index is 0.128. The lowest BCUT2D eigenvalue weighted by molar-refractivity contribution is -0.274. The Morgan fingerprint density at radius 2 is 1.97 bits per heavy atom. The zero-order valence-corrected chi connectivity index (χ0v) is 18.0. The highest BCUT2D eigenvalue weighted by atomic mass is 35.5. The monoisotopic (exact) mass is 467 g/mol. The van der Waals surface area contributed by atoms with Crippen LogP contribution in [-0.4, -0.2) is 45.7 Å². The van der Waals surface area contributed by atoms with Crippen molar-refractivity contribution in [2.45, 2.75) is 38.8 Å². The molecule has 1 aromatic carbocycles. The number of benzene rings is 1. The number of amides is 1. The molecule has 0 unspecified atom stereocenters. The lowest BCUT2D eigenvalue weighted by Crippen LogP contribution is -2.31. The molecule has 170 valence electrons. The fourth-order valence-corrected chi connectivity index (χ4v) is 3.90. The molecule has 3 heterocycles. The maximum atomic E-state index is 13.2. The molecule has 0 bridgehead atoms. The van der Waals surface area contributed by atoms with Gasteiger partial charge in [-0.25, -0.2) is 4.98 Å². The number of hydrogen-bond donors (Lipinski definition) is 0. The molecule has 0 N–H and O–H groups in total. The van der Waals surface area contributed by atoms with Crippen molar-refractivity contribution in [1.29, 1.82) is 0 Å². The molecule has 10 heteroatoms. The third kappa shape index (κ3) is 4.99. The average Bonchev–Trinajstić information content (AvgIpc) is 3.36. The number of likely N-dealkylation sites (tertiary alicyclic amines) is 1. The van der Waals surface area contributed by atoms with Crippen molar-refractivity contribution in [1.82, 2.24) is 14.3 Å². The van der Waals surface area contributed by atoms with E-state index in [9.17, 15) is 18.0 Å². The number of hydrogen-bond acceptors (Lipinski definition) is 4. The van der Waals surface area contributed by atoms with Crippen molar-refractivity contribution in [2.24, 2.45) is 0 Å². The van der Waals surface area contributed by atoms with E-state index in [0.29, 0.717) is 53.6 Å². The molecule has 1 amide bonds. The number of rotatable bonds is 6. The average molecular weight is 468 g/mol. The Balaban J connectivity index is 1.38. The third-order valence-electron chi connectivity index (χ3n) is 5.27. The summed E-state index contributed by atoms with van der Waals surface area (Å²) in [7, 11) is 0. The number of aromatic nitrogens is 2. The van der Waals surface area contributed by atoms with E-state index in [1.54, 1.807) is 27.6 Å². The van der Waals surface area contributed by atoms with Gasteiger partial charge >= 0.3 is 6.36 Å². The highest BCUT2D eigenvalue weighted by Gasteiger charge is 2.32. The summed E-state index contributed by atoms with van der Waals surface area (Å²) in [4.78, 5) is 19.5. The van der Waals surface area contributed by atoms with Gasteiger partial charge in [-0.2, -0.15) is 0 Å². The quantitative estimate of drug-likeness (QED) is 0.518. The summed E-state index contributed by atoms with van der Waals surface area (Å²) in [5, 5.41) is 0.515. The van der Waals surface area contributed by atoms with Crippen LogP contribution in [0, 0.1) is 0 Å². The molecule has 0 aliphatic carbocycles. The van der Waals surface area contributed by atoms with E-state index in [2.05, 4.69) is 9.72 Å². The number of ether oxygens (including phenoxy) is 2. The highest BCUT2D eigenvalue weighted by molar-refractivity contribution is 6.30. The minimum Gasteiger partial charge on any atom is -0.406 e. The van der Waals surface area contributed by atoms with Crippen LogP contribution in [-0.2, 0) is 17.8 Å². The lowest BCUT2D eigenvalue weighted by Gasteiger charge is -2.17. The first-order valence-electron chi connectivity index (χ1n) is 10.2. The van der Waals surface area contributed by atoms with Gasteiger partial charge < -0.3 is 14.4 Å². The second-order valence-corrected chi connectivity index (χ2v) is 7.94. The van der Waals surface area contributed by atoms with Crippen LogP contribution in [0.25, 0.3) is 5.65 Å². The van der Waals surface area contributed by atoms with Gasteiger partial charge in [-0.05, 0) is 42.7 Å². The summed E-state index contributed by atoms with van der Waals surface area (Å²) in [5.74, 6) is -0.407.